The summed E-state index contributed by atoms with van der Waals surface area (Å²) in [7, 11) is 0. The van der Waals surface area contributed by atoms with Crippen molar-refractivity contribution < 1.29 is 32.3 Å². The summed E-state index contributed by atoms with van der Waals surface area (Å²) >= 11 is 0. The number of hydrogen-bond acceptors (Lipinski definition) is 2. The third kappa shape index (κ3) is 5.03. The number of halogens is 4. The number of rotatable bonds is 5. The largest absolute Gasteiger partial charge is 0.480 e. The third-order valence-corrected chi connectivity index (χ3v) is 3.41. The zero-order valence-electron chi connectivity index (χ0n) is 12.7. The average molecular weight is 355 g/mol. The third-order valence-electron chi connectivity index (χ3n) is 3.41. The van der Waals surface area contributed by atoms with Crippen LogP contribution < -0.4 is 5.32 Å². The molecule has 2 aromatic rings. The fraction of sp³-hybridized carbons (Fsp3) is 0.176. The van der Waals surface area contributed by atoms with Gasteiger partial charge in [0, 0.05) is 12.0 Å². The Morgan fingerprint density at radius 3 is 2.28 bits per heavy atom. The van der Waals surface area contributed by atoms with E-state index in [9.17, 15) is 32.3 Å². The van der Waals surface area contributed by atoms with Crippen LogP contribution in [0.1, 0.15) is 21.5 Å². The van der Waals surface area contributed by atoms with Crippen molar-refractivity contribution in [3.8, 4) is 0 Å². The van der Waals surface area contributed by atoms with Crippen molar-refractivity contribution in [2.75, 3.05) is 0 Å². The lowest BCUT2D eigenvalue weighted by Gasteiger charge is -2.15. The normalized spacial score (nSPS) is 12.5. The summed E-state index contributed by atoms with van der Waals surface area (Å²) in [6.45, 7) is 0. The van der Waals surface area contributed by atoms with Gasteiger partial charge >= 0.3 is 12.1 Å². The van der Waals surface area contributed by atoms with Crippen molar-refractivity contribution in [1.29, 1.82) is 0 Å². The smallest absolute Gasteiger partial charge is 0.416 e. The van der Waals surface area contributed by atoms with Crippen LogP contribution in [0, 0.1) is 5.82 Å². The van der Waals surface area contributed by atoms with Crippen molar-refractivity contribution in [3.05, 3.63) is 71.0 Å². The van der Waals surface area contributed by atoms with E-state index in [0.29, 0.717) is 11.6 Å². The van der Waals surface area contributed by atoms with Gasteiger partial charge in [-0.1, -0.05) is 18.2 Å². The number of aliphatic carboxylic acids is 1. The molecule has 8 heteroatoms. The van der Waals surface area contributed by atoms with Gasteiger partial charge in [0.15, 0.2) is 0 Å². The van der Waals surface area contributed by atoms with E-state index in [1.165, 1.54) is 12.1 Å². The molecule has 0 bridgehead atoms. The van der Waals surface area contributed by atoms with Gasteiger partial charge in [-0.25, -0.2) is 9.18 Å². The lowest BCUT2D eigenvalue weighted by atomic mass is 10.0. The number of carbonyl (C=O) groups is 2. The molecule has 0 aliphatic rings. The Morgan fingerprint density at radius 1 is 1.08 bits per heavy atom. The second kappa shape index (κ2) is 7.33. The molecule has 0 aromatic heterocycles. The maximum atomic E-state index is 12.9. The average Bonchev–Trinajstić information content (AvgIpc) is 2.55. The summed E-state index contributed by atoms with van der Waals surface area (Å²) in [5, 5.41) is 11.4. The lowest BCUT2D eigenvalue weighted by molar-refractivity contribution is -0.139. The quantitative estimate of drug-likeness (QED) is 0.809. The van der Waals surface area contributed by atoms with E-state index < -0.39 is 35.5 Å². The number of carbonyl (C=O) groups excluding carboxylic acids is 1. The molecule has 0 saturated heterocycles. The predicted molar refractivity (Wildman–Crippen MR) is 80.4 cm³/mol. The number of benzene rings is 2. The zero-order valence-corrected chi connectivity index (χ0v) is 12.7. The topological polar surface area (TPSA) is 66.4 Å². The van der Waals surface area contributed by atoms with Crippen LogP contribution in [0.3, 0.4) is 0 Å². The van der Waals surface area contributed by atoms with E-state index >= 15 is 0 Å². The minimum absolute atomic E-state index is 0.139. The van der Waals surface area contributed by atoms with E-state index in [1.54, 1.807) is 0 Å². The minimum Gasteiger partial charge on any atom is -0.480 e. The Hall–Kier alpha value is -2.90. The predicted octanol–water partition coefficient (Wildman–Crippen LogP) is 3.27. The highest BCUT2D eigenvalue weighted by Crippen LogP contribution is 2.29. The van der Waals surface area contributed by atoms with Gasteiger partial charge in [-0.15, -0.1) is 0 Å². The first-order chi connectivity index (χ1) is 11.7. The highest BCUT2D eigenvalue weighted by atomic mass is 19.4. The van der Waals surface area contributed by atoms with Crippen molar-refractivity contribution in [2.45, 2.75) is 18.6 Å². The van der Waals surface area contributed by atoms with Crippen molar-refractivity contribution in [3.63, 3.8) is 0 Å². The van der Waals surface area contributed by atoms with Gasteiger partial charge in [0.05, 0.1) is 5.56 Å². The molecular weight excluding hydrogens is 342 g/mol. The summed E-state index contributed by atoms with van der Waals surface area (Å²) in [6.07, 6.45) is -4.75. The van der Waals surface area contributed by atoms with Crippen LogP contribution in [0.2, 0.25) is 0 Å². The number of carboxylic acid groups (broad SMARTS) is 1. The SMILES string of the molecule is O=C(N[C@@H](Cc1ccc(F)cc1)C(=O)O)c1cccc(C(F)(F)F)c1. The first kappa shape index (κ1) is 18.4. The number of alkyl halides is 3. The Labute approximate surface area is 140 Å². The molecule has 0 fully saturated rings. The van der Waals surface area contributed by atoms with Crippen LogP contribution in [0.25, 0.3) is 0 Å². The molecule has 0 saturated carbocycles. The Balaban J connectivity index is 2.15. The van der Waals surface area contributed by atoms with Crippen LogP contribution in [0.15, 0.2) is 48.5 Å². The molecule has 2 aromatic carbocycles. The molecule has 2 N–H and O–H groups in total. The molecule has 0 unspecified atom stereocenters. The molecule has 0 spiro atoms. The summed E-state index contributed by atoms with van der Waals surface area (Å²) in [5.74, 6) is -2.80. The fourth-order valence-electron chi connectivity index (χ4n) is 2.13. The van der Waals surface area contributed by atoms with E-state index in [4.69, 9.17) is 0 Å². The highest BCUT2D eigenvalue weighted by molar-refractivity contribution is 5.96. The monoisotopic (exact) mass is 355 g/mol. The molecule has 0 aliphatic heterocycles. The highest BCUT2D eigenvalue weighted by Gasteiger charge is 2.31. The Kier molecular flexibility index (Phi) is 5.41. The molecule has 1 atom stereocenters. The summed E-state index contributed by atoms with van der Waals surface area (Å²) in [6, 6.07) is 7.31. The van der Waals surface area contributed by atoms with Gasteiger partial charge in [0.2, 0.25) is 0 Å². The maximum Gasteiger partial charge on any atom is 0.416 e. The van der Waals surface area contributed by atoms with Crippen molar-refractivity contribution >= 4 is 11.9 Å². The van der Waals surface area contributed by atoms with Crippen LogP contribution in [-0.4, -0.2) is 23.0 Å². The van der Waals surface area contributed by atoms with E-state index in [-0.39, 0.29) is 12.0 Å². The zero-order chi connectivity index (χ0) is 18.6. The Bertz CT molecular complexity index is 772. The molecule has 1 amide bonds. The van der Waals surface area contributed by atoms with Gasteiger partial charge in [0.1, 0.15) is 11.9 Å². The summed E-state index contributed by atoms with van der Waals surface area (Å²) in [4.78, 5) is 23.4. The molecular formula is C17H13F4NO3. The molecule has 4 nitrogen and oxygen atoms in total. The second-order valence-corrected chi connectivity index (χ2v) is 5.27. The second-order valence-electron chi connectivity index (χ2n) is 5.27. The van der Waals surface area contributed by atoms with Crippen LogP contribution in [0.4, 0.5) is 17.6 Å². The molecule has 0 heterocycles. The number of amides is 1. The Morgan fingerprint density at radius 2 is 1.72 bits per heavy atom. The van der Waals surface area contributed by atoms with Gasteiger partial charge in [-0.2, -0.15) is 13.2 Å². The first-order valence-corrected chi connectivity index (χ1v) is 7.12. The molecule has 2 rings (SSSR count). The van der Waals surface area contributed by atoms with Crippen molar-refractivity contribution in [1.82, 2.24) is 5.32 Å². The summed E-state index contributed by atoms with van der Waals surface area (Å²) in [5.41, 5.74) is -0.858. The van der Waals surface area contributed by atoms with E-state index in [0.717, 1.165) is 30.3 Å². The van der Waals surface area contributed by atoms with Gasteiger partial charge in [0.25, 0.3) is 5.91 Å². The summed E-state index contributed by atoms with van der Waals surface area (Å²) < 4.78 is 50.9. The molecule has 25 heavy (non-hydrogen) atoms. The minimum atomic E-state index is -4.61. The van der Waals surface area contributed by atoms with Crippen molar-refractivity contribution in [2.24, 2.45) is 0 Å². The number of carboxylic acids is 1. The van der Waals surface area contributed by atoms with Crippen LogP contribution >= 0.6 is 0 Å². The van der Waals surface area contributed by atoms with Gasteiger partial charge in [-0.05, 0) is 35.9 Å². The van der Waals surface area contributed by atoms with Crippen LogP contribution in [-0.2, 0) is 17.4 Å². The molecule has 0 radical (unpaired) electrons. The molecule has 0 aliphatic carbocycles. The van der Waals surface area contributed by atoms with E-state index in [1.807, 2.05) is 0 Å². The number of hydrogen-bond donors (Lipinski definition) is 2. The lowest BCUT2D eigenvalue weighted by Crippen LogP contribution is -2.42. The van der Waals surface area contributed by atoms with Gasteiger partial charge < -0.3 is 10.4 Å². The standard InChI is InChI=1S/C17H13F4NO3/c18-13-6-4-10(5-7-13)8-14(16(24)25)22-15(23)11-2-1-3-12(9-11)17(19,20)21/h1-7,9,14H,8H2,(H,22,23)(H,24,25)/t14-/m0/s1. The maximum absolute atomic E-state index is 12.9. The van der Waals surface area contributed by atoms with E-state index in [2.05, 4.69) is 5.32 Å². The molecule has 132 valence electrons. The van der Waals surface area contributed by atoms with Crippen LogP contribution in [0.5, 0.6) is 0 Å². The first-order valence-electron chi connectivity index (χ1n) is 7.12. The van der Waals surface area contributed by atoms with Gasteiger partial charge in [-0.3, -0.25) is 4.79 Å². The number of nitrogens with one attached hydrogen (secondary N) is 1. The fourth-order valence-corrected chi connectivity index (χ4v) is 2.13.